The summed E-state index contributed by atoms with van der Waals surface area (Å²) in [5, 5.41) is 2.62. The molecule has 0 aliphatic carbocycles. The summed E-state index contributed by atoms with van der Waals surface area (Å²) < 4.78 is 34.5. The maximum atomic E-state index is 13.9. The van der Waals surface area contributed by atoms with Crippen molar-refractivity contribution in [2.75, 3.05) is 24.5 Å². The third-order valence-electron chi connectivity index (χ3n) is 5.87. The summed E-state index contributed by atoms with van der Waals surface area (Å²) in [4.78, 5) is 28.1. The highest BCUT2D eigenvalue weighted by molar-refractivity contribution is 7.92. The van der Waals surface area contributed by atoms with E-state index in [2.05, 4.69) is 5.32 Å². The predicted octanol–water partition coefficient (Wildman–Crippen LogP) is 3.83. The number of rotatable bonds is 12. The number of amides is 2. The zero-order chi connectivity index (χ0) is 26.8. The van der Waals surface area contributed by atoms with E-state index in [1.165, 1.54) is 24.1 Å². The van der Waals surface area contributed by atoms with Crippen LogP contribution in [0.25, 0.3) is 0 Å². The van der Waals surface area contributed by atoms with Crippen molar-refractivity contribution in [3.05, 3.63) is 90.5 Å². The average Bonchev–Trinajstić information content (AvgIpc) is 2.93. The maximum Gasteiger partial charge on any atom is 0.264 e. The number of para-hydroxylation sites is 2. The molecular weight excluding hydrogens is 490 g/mol. The lowest BCUT2D eigenvalue weighted by Gasteiger charge is -2.33. The quantitative estimate of drug-likeness (QED) is 0.389. The van der Waals surface area contributed by atoms with Gasteiger partial charge < -0.3 is 15.0 Å². The lowest BCUT2D eigenvalue weighted by molar-refractivity contribution is -0.140. The van der Waals surface area contributed by atoms with Crippen LogP contribution in [0, 0.1) is 0 Å². The van der Waals surface area contributed by atoms with Crippen molar-refractivity contribution in [2.45, 2.75) is 37.8 Å². The largest absolute Gasteiger partial charge is 0.492 e. The van der Waals surface area contributed by atoms with Gasteiger partial charge in [-0.05, 0) is 43.2 Å². The van der Waals surface area contributed by atoms with Crippen LogP contribution in [0.1, 0.15) is 25.8 Å². The second-order valence-electron chi connectivity index (χ2n) is 8.27. The fourth-order valence-corrected chi connectivity index (χ4v) is 5.49. The maximum absolute atomic E-state index is 13.9. The van der Waals surface area contributed by atoms with E-state index in [1.807, 2.05) is 37.3 Å². The first-order valence-corrected chi connectivity index (χ1v) is 13.6. The number of hydrogen-bond acceptors (Lipinski definition) is 5. The summed E-state index contributed by atoms with van der Waals surface area (Å²) >= 11 is 0. The summed E-state index contributed by atoms with van der Waals surface area (Å²) in [6.07, 6.45) is 0.360. The van der Waals surface area contributed by atoms with Gasteiger partial charge in [0.15, 0.2) is 0 Å². The SMILES string of the molecule is CCOc1ccccc1N(CC(=O)N(Cc1ccccc1)C(CC)C(=O)NC)S(=O)(=O)c1ccccc1. The topological polar surface area (TPSA) is 96.0 Å². The second kappa shape index (κ2) is 12.9. The van der Waals surface area contributed by atoms with Gasteiger partial charge in [-0.3, -0.25) is 13.9 Å². The lowest BCUT2D eigenvalue weighted by atomic mass is 10.1. The molecule has 3 aromatic carbocycles. The first-order chi connectivity index (χ1) is 17.8. The van der Waals surface area contributed by atoms with Crippen LogP contribution in [-0.4, -0.2) is 51.4 Å². The Kier molecular flexibility index (Phi) is 9.68. The van der Waals surface area contributed by atoms with Gasteiger partial charge in [0.25, 0.3) is 10.0 Å². The van der Waals surface area contributed by atoms with Gasteiger partial charge >= 0.3 is 0 Å². The van der Waals surface area contributed by atoms with Crippen LogP contribution >= 0.6 is 0 Å². The third kappa shape index (κ3) is 6.68. The minimum Gasteiger partial charge on any atom is -0.492 e. The molecule has 0 fully saturated rings. The Hall–Kier alpha value is -3.85. The normalized spacial score (nSPS) is 11.9. The third-order valence-corrected chi connectivity index (χ3v) is 7.65. The molecule has 0 radical (unpaired) electrons. The number of nitrogens with zero attached hydrogens (tertiary/aromatic N) is 2. The van der Waals surface area contributed by atoms with Crippen LogP contribution in [-0.2, 0) is 26.2 Å². The highest BCUT2D eigenvalue weighted by Crippen LogP contribution is 2.33. The van der Waals surface area contributed by atoms with Gasteiger partial charge in [-0.15, -0.1) is 0 Å². The number of carbonyl (C=O) groups is 2. The average molecular weight is 524 g/mol. The molecule has 0 bridgehead atoms. The molecule has 9 heteroatoms. The van der Waals surface area contributed by atoms with Crippen molar-refractivity contribution in [2.24, 2.45) is 0 Å². The summed E-state index contributed by atoms with van der Waals surface area (Å²) in [6.45, 7) is 3.57. The fourth-order valence-electron chi connectivity index (χ4n) is 4.04. The highest BCUT2D eigenvalue weighted by Gasteiger charge is 2.34. The Labute approximate surface area is 218 Å². The Balaban J connectivity index is 2.09. The van der Waals surface area contributed by atoms with E-state index in [9.17, 15) is 18.0 Å². The molecule has 0 saturated carbocycles. The molecule has 1 atom stereocenters. The molecule has 2 amide bonds. The predicted molar refractivity (Wildman–Crippen MR) is 144 cm³/mol. The van der Waals surface area contributed by atoms with Crippen LogP contribution in [0.4, 0.5) is 5.69 Å². The molecule has 0 spiro atoms. The number of hydrogen-bond donors (Lipinski definition) is 1. The molecule has 0 aliphatic rings. The van der Waals surface area contributed by atoms with Crippen molar-refractivity contribution in [3.8, 4) is 5.75 Å². The van der Waals surface area contributed by atoms with E-state index in [0.717, 1.165) is 9.87 Å². The molecule has 0 aliphatic heterocycles. The fraction of sp³-hybridized carbons (Fsp3) is 0.286. The Bertz CT molecular complexity index is 1280. The van der Waals surface area contributed by atoms with Crippen LogP contribution in [0.3, 0.4) is 0 Å². The monoisotopic (exact) mass is 523 g/mol. The van der Waals surface area contributed by atoms with Crippen LogP contribution in [0.5, 0.6) is 5.75 Å². The van der Waals surface area contributed by atoms with E-state index in [0.29, 0.717) is 18.8 Å². The minimum atomic E-state index is -4.15. The molecule has 37 heavy (non-hydrogen) atoms. The van der Waals surface area contributed by atoms with Crippen LogP contribution in [0.15, 0.2) is 89.8 Å². The number of ether oxygens (including phenoxy) is 1. The molecule has 8 nitrogen and oxygen atoms in total. The van der Waals surface area contributed by atoms with Crippen molar-refractivity contribution in [1.82, 2.24) is 10.2 Å². The minimum absolute atomic E-state index is 0.0436. The van der Waals surface area contributed by atoms with Gasteiger partial charge in [0.2, 0.25) is 11.8 Å². The molecule has 3 aromatic rings. The number of sulfonamides is 1. The van der Waals surface area contributed by atoms with E-state index < -0.39 is 28.5 Å². The number of carbonyl (C=O) groups excluding carboxylic acids is 2. The van der Waals surface area contributed by atoms with Crippen molar-refractivity contribution in [1.29, 1.82) is 0 Å². The van der Waals surface area contributed by atoms with E-state index in [1.54, 1.807) is 49.4 Å². The summed E-state index contributed by atoms with van der Waals surface area (Å²) in [5.41, 5.74) is 1.07. The van der Waals surface area contributed by atoms with Crippen LogP contribution < -0.4 is 14.4 Å². The van der Waals surface area contributed by atoms with Gasteiger partial charge in [0, 0.05) is 13.6 Å². The van der Waals surface area contributed by atoms with Crippen molar-refractivity contribution >= 4 is 27.5 Å². The molecule has 0 aromatic heterocycles. The van der Waals surface area contributed by atoms with Gasteiger partial charge in [-0.1, -0.05) is 67.6 Å². The molecule has 0 heterocycles. The number of likely N-dealkylation sites (N-methyl/N-ethyl adjacent to an activating group) is 1. The molecule has 196 valence electrons. The summed E-state index contributed by atoms with van der Waals surface area (Å²) in [5.74, 6) is -0.491. The first-order valence-electron chi connectivity index (χ1n) is 12.2. The number of benzene rings is 3. The van der Waals surface area contributed by atoms with Gasteiger partial charge in [0.1, 0.15) is 18.3 Å². The molecule has 1 N–H and O–H groups in total. The summed E-state index contributed by atoms with van der Waals surface area (Å²) in [7, 11) is -2.63. The van der Waals surface area contributed by atoms with Crippen molar-refractivity contribution < 1.29 is 22.7 Å². The van der Waals surface area contributed by atoms with Crippen LogP contribution in [0.2, 0.25) is 0 Å². The zero-order valence-electron chi connectivity index (χ0n) is 21.3. The standard InChI is InChI=1S/C28H33N3O5S/c1-4-24(28(33)29-3)30(20-22-14-8-6-9-15-22)27(32)21-31(25-18-12-13-19-26(25)36-5-2)37(34,35)23-16-10-7-11-17-23/h6-19,24H,4-5,20-21H2,1-3H3,(H,29,33). The lowest BCUT2D eigenvalue weighted by Crippen LogP contribution is -2.51. The zero-order valence-corrected chi connectivity index (χ0v) is 22.1. The molecule has 1 unspecified atom stereocenters. The van der Waals surface area contributed by atoms with E-state index in [4.69, 9.17) is 4.74 Å². The van der Waals surface area contributed by atoms with E-state index >= 15 is 0 Å². The van der Waals surface area contributed by atoms with Gasteiger partial charge in [-0.2, -0.15) is 0 Å². The summed E-state index contributed by atoms with van der Waals surface area (Å²) in [6, 6.07) is 23.2. The number of nitrogens with one attached hydrogen (secondary N) is 1. The molecule has 0 saturated heterocycles. The van der Waals surface area contributed by atoms with Crippen molar-refractivity contribution in [3.63, 3.8) is 0 Å². The van der Waals surface area contributed by atoms with Gasteiger partial charge in [0.05, 0.1) is 17.2 Å². The highest BCUT2D eigenvalue weighted by atomic mass is 32.2. The second-order valence-corrected chi connectivity index (χ2v) is 10.1. The Morgan fingerprint density at radius 2 is 1.49 bits per heavy atom. The number of anilines is 1. The molecular formula is C28H33N3O5S. The molecule has 3 rings (SSSR count). The van der Waals surface area contributed by atoms with Gasteiger partial charge in [-0.25, -0.2) is 8.42 Å². The van der Waals surface area contributed by atoms with E-state index in [-0.39, 0.29) is 23.0 Å². The first kappa shape index (κ1) is 27.7. The Morgan fingerprint density at radius 1 is 0.892 bits per heavy atom. The smallest absolute Gasteiger partial charge is 0.264 e. The Morgan fingerprint density at radius 3 is 2.08 bits per heavy atom.